The molecule has 3 N–H and O–H groups in total. The van der Waals surface area contributed by atoms with Crippen molar-refractivity contribution < 1.29 is 4.79 Å². The average molecular weight is 209 g/mol. The fourth-order valence-corrected chi connectivity index (χ4v) is 1.16. The van der Waals surface area contributed by atoms with Gasteiger partial charge in [-0.2, -0.15) is 0 Å². The number of aromatic nitrogens is 3. The molecule has 0 aliphatic heterocycles. The molecule has 0 saturated carbocycles. The Morgan fingerprint density at radius 1 is 1.87 bits per heavy atom. The summed E-state index contributed by atoms with van der Waals surface area (Å²) in [7, 11) is 0. The highest BCUT2D eigenvalue weighted by Crippen LogP contribution is 1.93. The molecule has 0 spiro atoms. The van der Waals surface area contributed by atoms with Crippen molar-refractivity contribution in [3.05, 3.63) is 19.0 Å². The predicted octanol–water partition coefficient (Wildman–Crippen LogP) is -0.0589. The molecule has 15 heavy (non-hydrogen) atoms. The number of carbonyl (C=O) groups excluding carboxylic acids is 1. The van der Waals surface area contributed by atoms with Crippen LogP contribution in [0.5, 0.6) is 0 Å². The average Bonchev–Trinajstić information content (AvgIpc) is 2.51. The minimum Gasteiger partial charge on any atom is -0.367 e. The lowest BCUT2D eigenvalue weighted by Crippen LogP contribution is -2.34. The maximum absolute atomic E-state index is 11.4. The number of nitrogens with zero attached hydrogens (tertiary/aromatic N) is 3. The molecule has 0 bridgehead atoms. The maximum atomic E-state index is 11.4. The highest BCUT2D eigenvalue weighted by molar-refractivity contribution is 5.75. The van der Waals surface area contributed by atoms with Crippen LogP contribution >= 0.6 is 0 Å². The van der Waals surface area contributed by atoms with Gasteiger partial charge in [0.15, 0.2) is 0 Å². The van der Waals surface area contributed by atoms with E-state index in [1.807, 2.05) is 6.92 Å². The van der Waals surface area contributed by atoms with E-state index in [4.69, 9.17) is 5.73 Å². The highest BCUT2D eigenvalue weighted by atomic mass is 16.2. The first-order valence-electron chi connectivity index (χ1n) is 4.67. The Bertz CT molecular complexity index is 346. The van der Waals surface area contributed by atoms with Gasteiger partial charge in [-0.1, -0.05) is 6.08 Å². The van der Waals surface area contributed by atoms with Crippen LogP contribution in [-0.4, -0.2) is 26.7 Å². The van der Waals surface area contributed by atoms with E-state index in [-0.39, 0.29) is 24.4 Å². The first kappa shape index (κ1) is 11.2. The molecule has 1 unspecified atom stereocenters. The van der Waals surface area contributed by atoms with Crippen molar-refractivity contribution in [1.82, 2.24) is 20.1 Å². The zero-order chi connectivity index (χ0) is 11.3. The topological polar surface area (TPSA) is 85.8 Å². The molecule has 1 amide bonds. The molecule has 1 atom stereocenters. The fourth-order valence-electron chi connectivity index (χ4n) is 1.16. The van der Waals surface area contributed by atoms with Crippen molar-refractivity contribution in [2.75, 3.05) is 5.73 Å². The van der Waals surface area contributed by atoms with E-state index < -0.39 is 0 Å². The van der Waals surface area contributed by atoms with Gasteiger partial charge < -0.3 is 11.1 Å². The summed E-state index contributed by atoms with van der Waals surface area (Å²) in [6.45, 7) is 5.64. The lowest BCUT2D eigenvalue weighted by molar-refractivity contribution is -0.122. The molecular weight excluding hydrogens is 194 g/mol. The molecule has 82 valence electrons. The SMILES string of the molecule is C=CCC(C)NC(=O)Cn1cnc(N)n1. The van der Waals surface area contributed by atoms with Crippen LogP contribution in [-0.2, 0) is 11.3 Å². The molecule has 1 aromatic rings. The number of carbonyl (C=O) groups is 1. The van der Waals surface area contributed by atoms with Crippen LogP contribution in [0.2, 0.25) is 0 Å². The number of nitrogen functional groups attached to an aromatic ring is 1. The maximum Gasteiger partial charge on any atom is 0.242 e. The van der Waals surface area contributed by atoms with Crippen molar-refractivity contribution in [2.45, 2.75) is 25.9 Å². The molecule has 1 aromatic heterocycles. The van der Waals surface area contributed by atoms with Crippen LogP contribution in [0.15, 0.2) is 19.0 Å². The standard InChI is InChI=1S/C9H15N5O/c1-3-4-7(2)12-8(15)5-14-6-11-9(10)13-14/h3,6-7H,1,4-5H2,2H3,(H2,10,13)(H,12,15). The Kier molecular flexibility index (Phi) is 3.84. The summed E-state index contributed by atoms with van der Waals surface area (Å²) in [6, 6.07) is 0.0795. The van der Waals surface area contributed by atoms with Gasteiger partial charge in [0.05, 0.1) is 0 Å². The Morgan fingerprint density at radius 2 is 2.60 bits per heavy atom. The minimum absolute atomic E-state index is 0.0795. The van der Waals surface area contributed by atoms with Crippen LogP contribution in [0.25, 0.3) is 0 Å². The van der Waals surface area contributed by atoms with Gasteiger partial charge in [-0.3, -0.25) is 4.79 Å². The lowest BCUT2D eigenvalue weighted by Gasteiger charge is -2.11. The second kappa shape index (κ2) is 5.14. The third-order valence-electron chi connectivity index (χ3n) is 1.79. The monoisotopic (exact) mass is 209 g/mol. The van der Waals surface area contributed by atoms with Gasteiger partial charge in [0.1, 0.15) is 12.9 Å². The van der Waals surface area contributed by atoms with Crippen LogP contribution < -0.4 is 11.1 Å². The summed E-state index contributed by atoms with van der Waals surface area (Å²) in [5.41, 5.74) is 5.32. The van der Waals surface area contributed by atoms with Crippen molar-refractivity contribution in [1.29, 1.82) is 0 Å². The summed E-state index contributed by atoms with van der Waals surface area (Å²) in [5, 5.41) is 6.61. The van der Waals surface area contributed by atoms with Crippen LogP contribution in [0.1, 0.15) is 13.3 Å². The van der Waals surface area contributed by atoms with Gasteiger partial charge in [0.25, 0.3) is 0 Å². The summed E-state index contributed by atoms with van der Waals surface area (Å²) in [5.74, 6) is 0.0520. The first-order valence-corrected chi connectivity index (χ1v) is 4.67. The van der Waals surface area contributed by atoms with Gasteiger partial charge >= 0.3 is 0 Å². The van der Waals surface area contributed by atoms with E-state index in [2.05, 4.69) is 22.0 Å². The smallest absolute Gasteiger partial charge is 0.242 e. The molecule has 0 aliphatic carbocycles. The van der Waals surface area contributed by atoms with Crippen molar-refractivity contribution in [3.63, 3.8) is 0 Å². The number of nitrogens with two attached hydrogens (primary N) is 1. The highest BCUT2D eigenvalue weighted by Gasteiger charge is 2.07. The quantitative estimate of drug-likeness (QED) is 0.665. The zero-order valence-corrected chi connectivity index (χ0v) is 8.68. The van der Waals surface area contributed by atoms with Gasteiger partial charge in [0.2, 0.25) is 11.9 Å². The fraction of sp³-hybridized carbons (Fsp3) is 0.444. The van der Waals surface area contributed by atoms with Gasteiger partial charge in [-0.05, 0) is 13.3 Å². The number of amides is 1. The normalized spacial score (nSPS) is 12.1. The van der Waals surface area contributed by atoms with E-state index in [0.29, 0.717) is 0 Å². The number of hydrogen-bond donors (Lipinski definition) is 2. The number of nitrogens with one attached hydrogen (secondary N) is 1. The number of anilines is 1. The van der Waals surface area contributed by atoms with Crippen LogP contribution in [0.4, 0.5) is 5.95 Å². The lowest BCUT2D eigenvalue weighted by atomic mass is 10.2. The predicted molar refractivity (Wildman–Crippen MR) is 56.9 cm³/mol. The van der Waals surface area contributed by atoms with Gasteiger partial charge in [-0.15, -0.1) is 11.7 Å². The minimum atomic E-state index is -0.116. The molecule has 1 heterocycles. The number of rotatable bonds is 5. The summed E-state index contributed by atoms with van der Waals surface area (Å²) in [6.07, 6.45) is 3.93. The Labute approximate surface area is 88.2 Å². The zero-order valence-electron chi connectivity index (χ0n) is 8.68. The Hall–Kier alpha value is -1.85. The summed E-state index contributed by atoms with van der Waals surface area (Å²) < 4.78 is 1.39. The van der Waals surface area contributed by atoms with Crippen molar-refractivity contribution in [2.24, 2.45) is 0 Å². The van der Waals surface area contributed by atoms with E-state index in [9.17, 15) is 4.79 Å². The van der Waals surface area contributed by atoms with Crippen molar-refractivity contribution >= 4 is 11.9 Å². The molecule has 6 nitrogen and oxygen atoms in total. The van der Waals surface area contributed by atoms with E-state index in [1.54, 1.807) is 6.08 Å². The molecule has 0 saturated heterocycles. The molecule has 0 aromatic carbocycles. The van der Waals surface area contributed by atoms with Gasteiger partial charge in [-0.25, -0.2) is 9.67 Å². The van der Waals surface area contributed by atoms with E-state index >= 15 is 0 Å². The van der Waals surface area contributed by atoms with E-state index in [1.165, 1.54) is 11.0 Å². The molecular formula is C9H15N5O. The first-order chi connectivity index (χ1) is 7.11. The van der Waals surface area contributed by atoms with Crippen molar-refractivity contribution in [3.8, 4) is 0 Å². The summed E-state index contributed by atoms with van der Waals surface area (Å²) >= 11 is 0. The van der Waals surface area contributed by atoms with Crippen LogP contribution in [0.3, 0.4) is 0 Å². The molecule has 1 rings (SSSR count). The largest absolute Gasteiger partial charge is 0.367 e. The Morgan fingerprint density at radius 3 is 3.13 bits per heavy atom. The Balaban J connectivity index is 2.39. The third-order valence-corrected chi connectivity index (χ3v) is 1.79. The van der Waals surface area contributed by atoms with Gasteiger partial charge in [0, 0.05) is 6.04 Å². The third kappa shape index (κ3) is 3.80. The molecule has 0 aliphatic rings. The second-order valence-corrected chi connectivity index (χ2v) is 3.29. The molecule has 0 fully saturated rings. The summed E-state index contributed by atoms with van der Waals surface area (Å²) in [4.78, 5) is 15.2. The number of hydrogen-bond acceptors (Lipinski definition) is 4. The second-order valence-electron chi connectivity index (χ2n) is 3.29. The molecule has 0 radical (unpaired) electrons. The molecule has 6 heteroatoms. The van der Waals surface area contributed by atoms with Crippen LogP contribution in [0, 0.1) is 0 Å². The van der Waals surface area contributed by atoms with E-state index in [0.717, 1.165) is 6.42 Å².